The first kappa shape index (κ1) is 11.2. The first-order valence-corrected chi connectivity index (χ1v) is 4.97. The molecule has 4 N–H and O–H groups in total. The molecular formula is C12H12FN3O. The van der Waals surface area contributed by atoms with Crippen LogP contribution in [-0.4, -0.2) is 12.1 Å². The van der Waals surface area contributed by atoms with Crippen LogP contribution >= 0.6 is 0 Å². The van der Waals surface area contributed by atoms with Crippen molar-refractivity contribution >= 4 is 11.4 Å². The van der Waals surface area contributed by atoms with Crippen molar-refractivity contribution < 1.29 is 9.13 Å². The summed E-state index contributed by atoms with van der Waals surface area (Å²) in [5.41, 5.74) is 13.5. The Labute approximate surface area is 98.0 Å². The van der Waals surface area contributed by atoms with Crippen LogP contribution in [0.15, 0.2) is 30.3 Å². The van der Waals surface area contributed by atoms with Gasteiger partial charge in [0.2, 0.25) is 5.88 Å². The number of methoxy groups -OCH3 is 1. The van der Waals surface area contributed by atoms with Crippen molar-refractivity contribution in [2.24, 2.45) is 0 Å². The van der Waals surface area contributed by atoms with Crippen molar-refractivity contribution in [2.75, 3.05) is 18.6 Å². The van der Waals surface area contributed by atoms with Gasteiger partial charge < -0.3 is 16.2 Å². The van der Waals surface area contributed by atoms with E-state index in [9.17, 15) is 4.39 Å². The number of benzene rings is 1. The van der Waals surface area contributed by atoms with Crippen LogP contribution in [0.5, 0.6) is 5.88 Å². The molecule has 0 aliphatic heterocycles. The number of aromatic nitrogens is 1. The molecule has 1 aromatic carbocycles. The Morgan fingerprint density at radius 1 is 1.12 bits per heavy atom. The zero-order chi connectivity index (χ0) is 12.4. The predicted octanol–water partition coefficient (Wildman–Crippen LogP) is 2.06. The van der Waals surface area contributed by atoms with Gasteiger partial charge >= 0.3 is 0 Å². The van der Waals surface area contributed by atoms with Gasteiger partial charge in [0.1, 0.15) is 5.82 Å². The Balaban J connectivity index is 2.55. The zero-order valence-electron chi connectivity index (χ0n) is 9.27. The van der Waals surface area contributed by atoms with E-state index in [0.29, 0.717) is 28.5 Å². The molecule has 0 unspecified atom stereocenters. The van der Waals surface area contributed by atoms with Crippen molar-refractivity contribution in [1.29, 1.82) is 0 Å². The minimum atomic E-state index is -0.310. The smallest absolute Gasteiger partial charge is 0.237 e. The maximum absolute atomic E-state index is 12.8. The molecule has 0 spiro atoms. The molecule has 1 heterocycles. The molecule has 0 atom stereocenters. The van der Waals surface area contributed by atoms with Crippen molar-refractivity contribution in [1.82, 2.24) is 4.98 Å². The van der Waals surface area contributed by atoms with Crippen molar-refractivity contribution in [3.05, 3.63) is 36.1 Å². The van der Waals surface area contributed by atoms with Crippen LogP contribution in [-0.2, 0) is 0 Å². The Morgan fingerprint density at radius 3 is 2.35 bits per heavy atom. The van der Waals surface area contributed by atoms with Gasteiger partial charge in [-0.25, -0.2) is 9.37 Å². The second-order valence-electron chi connectivity index (χ2n) is 3.53. The molecule has 4 nitrogen and oxygen atoms in total. The second kappa shape index (κ2) is 4.29. The zero-order valence-corrected chi connectivity index (χ0v) is 9.27. The highest BCUT2D eigenvalue weighted by molar-refractivity contribution is 5.76. The van der Waals surface area contributed by atoms with Crippen LogP contribution in [0.2, 0.25) is 0 Å². The minimum absolute atomic E-state index is 0.304. The number of hydrogen-bond donors (Lipinski definition) is 2. The molecule has 2 rings (SSSR count). The minimum Gasteiger partial charge on any atom is -0.480 e. The number of nitrogen functional groups attached to an aromatic ring is 2. The van der Waals surface area contributed by atoms with Gasteiger partial charge in [-0.1, -0.05) is 0 Å². The van der Waals surface area contributed by atoms with Crippen LogP contribution < -0.4 is 16.2 Å². The van der Waals surface area contributed by atoms with Crippen LogP contribution in [0.4, 0.5) is 15.8 Å². The Hall–Kier alpha value is -2.30. The number of hydrogen-bond acceptors (Lipinski definition) is 4. The molecule has 0 radical (unpaired) electrons. The number of halogens is 1. The fourth-order valence-corrected chi connectivity index (χ4v) is 1.53. The number of ether oxygens (including phenoxy) is 1. The normalized spacial score (nSPS) is 10.2. The lowest BCUT2D eigenvalue weighted by molar-refractivity contribution is 0.401. The third-order valence-corrected chi connectivity index (χ3v) is 2.36. The number of rotatable bonds is 2. The average Bonchev–Trinajstić information content (AvgIpc) is 2.31. The molecule has 5 heteroatoms. The molecule has 88 valence electrons. The molecule has 0 bridgehead atoms. The van der Waals surface area contributed by atoms with E-state index in [4.69, 9.17) is 16.2 Å². The van der Waals surface area contributed by atoms with Gasteiger partial charge in [-0.15, -0.1) is 0 Å². The monoisotopic (exact) mass is 233 g/mol. The standard InChI is InChI=1S/C12H12FN3O/c1-17-12-10(15)6-9(14)11(16-12)7-2-4-8(13)5-3-7/h2-6H,14-15H2,1H3. The van der Waals surface area contributed by atoms with Crippen LogP contribution in [0, 0.1) is 5.82 Å². The Morgan fingerprint density at radius 2 is 1.76 bits per heavy atom. The van der Waals surface area contributed by atoms with Gasteiger partial charge in [-0.2, -0.15) is 0 Å². The van der Waals surface area contributed by atoms with Gasteiger partial charge in [0.25, 0.3) is 0 Å². The lowest BCUT2D eigenvalue weighted by Gasteiger charge is -2.09. The summed E-state index contributed by atoms with van der Waals surface area (Å²) in [6.45, 7) is 0. The van der Waals surface area contributed by atoms with Crippen LogP contribution in [0.1, 0.15) is 0 Å². The van der Waals surface area contributed by atoms with E-state index in [2.05, 4.69) is 4.98 Å². The number of anilines is 2. The molecule has 0 saturated carbocycles. The summed E-state index contributed by atoms with van der Waals surface area (Å²) in [6.07, 6.45) is 0. The Bertz CT molecular complexity index is 540. The number of nitrogens with two attached hydrogens (primary N) is 2. The summed E-state index contributed by atoms with van der Waals surface area (Å²) in [5, 5.41) is 0. The van der Waals surface area contributed by atoms with E-state index >= 15 is 0 Å². The second-order valence-corrected chi connectivity index (χ2v) is 3.53. The van der Waals surface area contributed by atoms with Crippen LogP contribution in [0.25, 0.3) is 11.3 Å². The molecule has 17 heavy (non-hydrogen) atoms. The third-order valence-electron chi connectivity index (χ3n) is 2.36. The van der Waals surface area contributed by atoms with Crippen LogP contribution in [0.3, 0.4) is 0 Å². The van der Waals surface area contributed by atoms with Gasteiger partial charge in [0.05, 0.1) is 24.2 Å². The highest BCUT2D eigenvalue weighted by Crippen LogP contribution is 2.30. The van der Waals surface area contributed by atoms with Gasteiger partial charge in [0.15, 0.2) is 0 Å². The first-order chi connectivity index (χ1) is 8.11. The summed E-state index contributed by atoms with van der Waals surface area (Å²) in [5.74, 6) is -0.00624. The summed E-state index contributed by atoms with van der Waals surface area (Å²) in [7, 11) is 1.48. The topological polar surface area (TPSA) is 74.2 Å². The number of pyridine rings is 1. The molecule has 0 aliphatic rings. The van der Waals surface area contributed by atoms with Gasteiger partial charge in [0, 0.05) is 5.56 Å². The highest BCUT2D eigenvalue weighted by Gasteiger charge is 2.10. The first-order valence-electron chi connectivity index (χ1n) is 4.97. The summed E-state index contributed by atoms with van der Waals surface area (Å²) < 4.78 is 17.8. The predicted molar refractivity (Wildman–Crippen MR) is 65.0 cm³/mol. The summed E-state index contributed by atoms with van der Waals surface area (Å²) >= 11 is 0. The highest BCUT2D eigenvalue weighted by atomic mass is 19.1. The molecule has 0 amide bonds. The molecular weight excluding hydrogens is 221 g/mol. The lowest BCUT2D eigenvalue weighted by Crippen LogP contribution is -2.01. The number of nitrogens with zero attached hydrogens (tertiary/aromatic N) is 1. The van der Waals surface area contributed by atoms with Crippen molar-refractivity contribution in [3.8, 4) is 17.1 Å². The van der Waals surface area contributed by atoms with E-state index < -0.39 is 0 Å². The van der Waals surface area contributed by atoms with Crippen molar-refractivity contribution in [3.63, 3.8) is 0 Å². The fourth-order valence-electron chi connectivity index (χ4n) is 1.53. The summed E-state index contributed by atoms with van der Waals surface area (Å²) in [4.78, 5) is 4.20. The van der Waals surface area contributed by atoms with Crippen molar-refractivity contribution in [2.45, 2.75) is 0 Å². The fraction of sp³-hybridized carbons (Fsp3) is 0.0833. The SMILES string of the molecule is COc1nc(-c2ccc(F)cc2)c(N)cc1N. The summed E-state index contributed by atoms with van der Waals surface area (Å²) in [6, 6.07) is 7.47. The average molecular weight is 233 g/mol. The quantitative estimate of drug-likeness (QED) is 0.832. The largest absolute Gasteiger partial charge is 0.480 e. The molecule has 0 aliphatic carbocycles. The Kier molecular flexibility index (Phi) is 2.82. The van der Waals surface area contributed by atoms with Gasteiger partial charge in [-0.3, -0.25) is 0 Å². The molecule has 1 aromatic heterocycles. The van der Waals surface area contributed by atoms with E-state index in [1.807, 2.05) is 0 Å². The van der Waals surface area contributed by atoms with E-state index in [1.165, 1.54) is 19.2 Å². The maximum Gasteiger partial charge on any atom is 0.237 e. The van der Waals surface area contributed by atoms with E-state index in [0.717, 1.165) is 0 Å². The molecule has 0 fully saturated rings. The third kappa shape index (κ3) is 2.13. The van der Waals surface area contributed by atoms with E-state index in [1.54, 1.807) is 18.2 Å². The molecule has 2 aromatic rings. The van der Waals surface area contributed by atoms with E-state index in [-0.39, 0.29) is 5.82 Å². The van der Waals surface area contributed by atoms with Gasteiger partial charge in [-0.05, 0) is 30.3 Å². The molecule has 0 saturated heterocycles. The lowest BCUT2D eigenvalue weighted by atomic mass is 10.1. The maximum atomic E-state index is 12.8.